The van der Waals surface area contributed by atoms with Crippen molar-refractivity contribution >= 4 is 34.3 Å². The average molecular weight is 329 g/mol. The molecule has 2 aromatic carbocycles. The second-order valence-electron chi connectivity index (χ2n) is 4.86. The first-order valence-electron chi connectivity index (χ1n) is 6.71. The Morgan fingerprint density at radius 3 is 2.59 bits per heavy atom. The highest BCUT2D eigenvalue weighted by Gasteiger charge is 2.13. The van der Waals surface area contributed by atoms with E-state index in [9.17, 15) is 0 Å². The van der Waals surface area contributed by atoms with E-state index in [1.54, 1.807) is 6.07 Å². The second kappa shape index (κ2) is 5.20. The molecule has 0 amide bonds. The molecule has 0 radical (unpaired) electrons. The number of nitrogens with zero attached hydrogens (tertiary/aromatic N) is 2. The van der Waals surface area contributed by atoms with Gasteiger partial charge in [0.2, 0.25) is 5.89 Å². The molecular weight excluding hydrogens is 319 g/mol. The number of oxazole rings is 1. The molecule has 22 heavy (non-hydrogen) atoms. The fourth-order valence-corrected chi connectivity index (χ4v) is 2.75. The van der Waals surface area contributed by atoms with Crippen LogP contribution in [0, 0.1) is 0 Å². The molecule has 0 bridgehead atoms. The number of halogens is 2. The summed E-state index contributed by atoms with van der Waals surface area (Å²) in [6, 6.07) is 15.2. The van der Waals surface area contributed by atoms with Crippen molar-refractivity contribution < 1.29 is 4.42 Å². The topological polar surface area (TPSA) is 31.0 Å². The number of rotatable bonds is 2. The van der Waals surface area contributed by atoms with Crippen molar-refractivity contribution in [1.29, 1.82) is 0 Å². The van der Waals surface area contributed by atoms with Crippen molar-refractivity contribution in [3.8, 4) is 17.1 Å². The Kier molecular flexibility index (Phi) is 3.17. The molecule has 2 aromatic heterocycles. The summed E-state index contributed by atoms with van der Waals surface area (Å²) in [5.41, 5.74) is 3.18. The first kappa shape index (κ1) is 13.4. The van der Waals surface area contributed by atoms with Gasteiger partial charge in [0.15, 0.2) is 5.58 Å². The lowest BCUT2D eigenvalue weighted by atomic mass is 10.2. The van der Waals surface area contributed by atoms with Gasteiger partial charge < -0.3 is 8.98 Å². The summed E-state index contributed by atoms with van der Waals surface area (Å²) in [5, 5.41) is 0.927. The van der Waals surface area contributed by atoms with Gasteiger partial charge >= 0.3 is 0 Å². The SMILES string of the molecule is Clc1cccc(-c2nc3ccc(-n4cccc4)cc3o2)c1Cl. The summed E-state index contributed by atoms with van der Waals surface area (Å²) in [7, 11) is 0. The minimum Gasteiger partial charge on any atom is -0.436 e. The maximum atomic E-state index is 6.23. The lowest BCUT2D eigenvalue weighted by molar-refractivity contribution is 0.619. The first-order valence-corrected chi connectivity index (χ1v) is 7.46. The van der Waals surface area contributed by atoms with Gasteiger partial charge in [0.25, 0.3) is 0 Å². The molecule has 4 aromatic rings. The standard InChI is InChI=1S/C17H10Cl2N2O/c18-13-5-3-4-12(16(13)19)17-20-14-7-6-11(10-15(14)22-17)21-8-1-2-9-21/h1-10H. The molecule has 0 fully saturated rings. The van der Waals surface area contributed by atoms with E-state index in [0.717, 1.165) is 11.2 Å². The number of aromatic nitrogens is 2. The van der Waals surface area contributed by atoms with E-state index in [1.165, 1.54) is 0 Å². The third kappa shape index (κ3) is 2.19. The first-order chi connectivity index (χ1) is 10.7. The van der Waals surface area contributed by atoms with Crippen molar-refractivity contribution in [3.63, 3.8) is 0 Å². The second-order valence-corrected chi connectivity index (χ2v) is 5.65. The van der Waals surface area contributed by atoms with E-state index < -0.39 is 0 Å². The van der Waals surface area contributed by atoms with Crippen molar-refractivity contribution in [2.24, 2.45) is 0 Å². The molecule has 0 unspecified atom stereocenters. The van der Waals surface area contributed by atoms with E-state index in [-0.39, 0.29) is 0 Å². The minimum atomic E-state index is 0.446. The Labute approximate surface area is 136 Å². The Hall–Kier alpha value is -2.23. The van der Waals surface area contributed by atoms with Gasteiger partial charge in [-0.3, -0.25) is 0 Å². The van der Waals surface area contributed by atoms with Gasteiger partial charge in [-0.1, -0.05) is 29.3 Å². The molecule has 0 N–H and O–H groups in total. The van der Waals surface area contributed by atoms with Crippen LogP contribution in [0.25, 0.3) is 28.2 Å². The molecule has 2 heterocycles. The van der Waals surface area contributed by atoms with Crippen LogP contribution < -0.4 is 0 Å². The molecule has 4 rings (SSSR count). The quantitative estimate of drug-likeness (QED) is 0.480. The fourth-order valence-electron chi connectivity index (χ4n) is 2.36. The minimum absolute atomic E-state index is 0.446. The fraction of sp³-hybridized carbons (Fsp3) is 0. The Bertz CT molecular complexity index is 958. The van der Waals surface area contributed by atoms with E-state index >= 15 is 0 Å². The number of fused-ring (bicyclic) bond motifs is 1. The summed E-state index contributed by atoms with van der Waals surface area (Å²) in [5.74, 6) is 0.465. The van der Waals surface area contributed by atoms with Gasteiger partial charge in [-0.25, -0.2) is 4.98 Å². The van der Waals surface area contributed by atoms with Crippen LogP contribution in [0.2, 0.25) is 10.0 Å². The Morgan fingerprint density at radius 2 is 1.77 bits per heavy atom. The normalized spacial score (nSPS) is 11.2. The summed E-state index contributed by atoms with van der Waals surface area (Å²) in [4.78, 5) is 4.49. The van der Waals surface area contributed by atoms with E-state index in [4.69, 9.17) is 27.6 Å². The third-order valence-corrected chi connectivity index (χ3v) is 4.28. The van der Waals surface area contributed by atoms with E-state index in [2.05, 4.69) is 4.98 Å². The lowest BCUT2D eigenvalue weighted by Gasteiger charge is -2.01. The maximum Gasteiger partial charge on any atom is 0.228 e. The summed E-state index contributed by atoms with van der Waals surface area (Å²) in [6.07, 6.45) is 3.96. The van der Waals surface area contributed by atoms with Crippen LogP contribution in [0.1, 0.15) is 0 Å². The predicted molar refractivity (Wildman–Crippen MR) is 88.8 cm³/mol. The third-order valence-electron chi connectivity index (χ3n) is 3.46. The van der Waals surface area contributed by atoms with Crippen LogP contribution in [0.15, 0.2) is 65.3 Å². The largest absolute Gasteiger partial charge is 0.436 e. The summed E-state index contributed by atoms with van der Waals surface area (Å²) in [6.45, 7) is 0. The van der Waals surface area contributed by atoms with Crippen LogP contribution >= 0.6 is 23.2 Å². The zero-order valence-corrected chi connectivity index (χ0v) is 12.8. The molecule has 0 aliphatic heterocycles. The van der Waals surface area contributed by atoms with Gasteiger partial charge in [-0.05, 0) is 36.4 Å². The van der Waals surface area contributed by atoms with Crippen LogP contribution in [-0.4, -0.2) is 9.55 Å². The van der Waals surface area contributed by atoms with Crippen LogP contribution in [0.5, 0.6) is 0 Å². The zero-order chi connectivity index (χ0) is 15.1. The van der Waals surface area contributed by atoms with Gasteiger partial charge in [-0.2, -0.15) is 0 Å². The Morgan fingerprint density at radius 1 is 0.955 bits per heavy atom. The van der Waals surface area contributed by atoms with Gasteiger partial charge in [0.1, 0.15) is 5.52 Å². The zero-order valence-electron chi connectivity index (χ0n) is 11.3. The molecule has 0 aliphatic carbocycles. The van der Waals surface area contributed by atoms with Crippen LogP contribution in [0.4, 0.5) is 0 Å². The molecule has 0 spiro atoms. The van der Waals surface area contributed by atoms with Crippen molar-refractivity contribution in [2.75, 3.05) is 0 Å². The number of benzene rings is 2. The smallest absolute Gasteiger partial charge is 0.228 e. The van der Waals surface area contributed by atoms with Gasteiger partial charge in [0.05, 0.1) is 15.6 Å². The van der Waals surface area contributed by atoms with E-state index in [0.29, 0.717) is 27.1 Å². The number of hydrogen-bond donors (Lipinski definition) is 0. The van der Waals surface area contributed by atoms with Crippen molar-refractivity contribution in [1.82, 2.24) is 9.55 Å². The highest BCUT2D eigenvalue weighted by atomic mass is 35.5. The lowest BCUT2D eigenvalue weighted by Crippen LogP contribution is -1.87. The summed E-state index contributed by atoms with van der Waals surface area (Å²) < 4.78 is 7.87. The van der Waals surface area contributed by atoms with Crippen LogP contribution in [0.3, 0.4) is 0 Å². The molecule has 0 saturated carbocycles. The molecule has 5 heteroatoms. The average Bonchev–Trinajstić information content (AvgIpc) is 3.17. The van der Waals surface area contributed by atoms with Crippen molar-refractivity contribution in [3.05, 3.63) is 71.0 Å². The monoisotopic (exact) mass is 328 g/mol. The highest BCUT2D eigenvalue weighted by Crippen LogP contribution is 2.34. The Balaban J connectivity index is 1.86. The van der Waals surface area contributed by atoms with Crippen LogP contribution in [-0.2, 0) is 0 Å². The summed E-state index contributed by atoms with van der Waals surface area (Å²) >= 11 is 12.3. The molecular formula is C17H10Cl2N2O. The highest BCUT2D eigenvalue weighted by molar-refractivity contribution is 6.43. The molecule has 0 aliphatic rings. The number of hydrogen-bond acceptors (Lipinski definition) is 2. The maximum absolute atomic E-state index is 6.23. The molecule has 3 nitrogen and oxygen atoms in total. The van der Waals surface area contributed by atoms with Crippen molar-refractivity contribution in [2.45, 2.75) is 0 Å². The molecule has 108 valence electrons. The van der Waals surface area contributed by atoms with E-state index in [1.807, 2.05) is 59.4 Å². The van der Waals surface area contributed by atoms with Gasteiger partial charge in [-0.15, -0.1) is 0 Å². The van der Waals surface area contributed by atoms with Gasteiger partial charge in [0, 0.05) is 24.1 Å². The molecule has 0 saturated heterocycles. The predicted octanol–water partition coefficient (Wildman–Crippen LogP) is 5.59. The molecule has 0 atom stereocenters.